The normalized spacial score (nSPS) is 17.2. The molecule has 23 nitrogen and oxygen atoms in total. The summed E-state index contributed by atoms with van der Waals surface area (Å²) in [6.45, 7) is 5.26. The van der Waals surface area contributed by atoms with Crippen LogP contribution in [-0.2, 0) is 57.6 Å². The molecule has 1 aliphatic rings. The van der Waals surface area contributed by atoms with Crippen LogP contribution in [0.15, 0.2) is 67.3 Å². The summed E-state index contributed by atoms with van der Waals surface area (Å²) in [6, 6.07) is 2.63. The molecule has 2 aromatic carbocycles. The molecule has 390 valence electrons. The molecule has 1 saturated heterocycles. The number of nitrogens with two attached hydrogens (primary N) is 1. The topological polar surface area (TPSA) is 363 Å². The van der Waals surface area contributed by atoms with E-state index in [0.717, 1.165) is 15.8 Å². The minimum absolute atomic E-state index is 0.0161. The number of likely N-dealkylation sites (tertiary alicyclic amines) is 1. The molecule has 72 heavy (non-hydrogen) atoms. The number of hydrogen-bond donors (Lipinski definition) is 13. The minimum Gasteiger partial charge on any atom is -0.508 e. The second-order valence-corrected chi connectivity index (χ2v) is 18.2. The number of aliphatic hydroxyl groups excluding tert-OH is 2. The third kappa shape index (κ3) is 14.6. The lowest BCUT2D eigenvalue weighted by atomic mass is 9.95. The summed E-state index contributed by atoms with van der Waals surface area (Å²) in [4.78, 5) is 120. The largest absolute Gasteiger partial charge is 0.508 e. The van der Waals surface area contributed by atoms with Gasteiger partial charge in [-0.15, -0.1) is 0 Å². The molecule has 1 fully saturated rings. The van der Waals surface area contributed by atoms with Crippen LogP contribution in [0.1, 0.15) is 70.2 Å². The van der Waals surface area contributed by atoms with Crippen LogP contribution >= 0.6 is 0 Å². The van der Waals surface area contributed by atoms with Crippen molar-refractivity contribution in [2.75, 3.05) is 19.8 Å². The fourth-order valence-electron chi connectivity index (χ4n) is 8.39. The number of amides is 7. The van der Waals surface area contributed by atoms with Crippen LogP contribution in [0.4, 0.5) is 0 Å². The molecule has 5 rings (SSSR count). The number of aliphatic carboxylic acids is 1. The Balaban J connectivity index is 1.26. The molecule has 3 heterocycles. The number of carboxylic acids is 1. The van der Waals surface area contributed by atoms with Gasteiger partial charge in [-0.05, 0) is 60.4 Å². The first-order valence-electron chi connectivity index (χ1n) is 24.0. The number of carboxylic acid groups (broad SMARTS) is 1. The van der Waals surface area contributed by atoms with Gasteiger partial charge in [0, 0.05) is 48.4 Å². The molecule has 10 atom stereocenters. The first kappa shape index (κ1) is 55.6. The number of rotatable bonds is 26. The monoisotopic (exact) mass is 1000 g/mol. The number of carbonyl (C=O) groups is 8. The Labute approximate surface area is 415 Å². The highest BCUT2D eigenvalue weighted by Crippen LogP contribution is 2.22. The van der Waals surface area contributed by atoms with E-state index in [1.807, 2.05) is 24.3 Å². The summed E-state index contributed by atoms with van der Waals surface area (Å²) in [6.07, 6.45) is 5.66. The van der Waals surface area contributed by atoms with E-state index in [-0.39, 0.29) is 38.0 Å². The van der Waals surface area contributed by atoms with Crippen molar-refractivity contribution in [3.05, 3.63) is 84.1 Å². The first-order chi connectivity index (χ1) is 34.4. The molecule has 7 amide bonds. The molecule has 0 spiro atoms. The number of nitrogens with one attached hydrogen (secondary N) is 8. The third-order valence-electron chi connectivity index (χ3n) is 13.1. The van der Waals surface area contributed by atoms with Crippen molar-refractivity contribution in [2.45, 2.75) is 121 Å². The Morgan fingerprint density at radius 1 is 0.722 bits per heavy atom. The summed E-state index contributed by atoms with van der Waals surface area (Å²) in [5, 5.41) is 56.2. The number of benzene rings is 2. The smallest absolute Gasteiger partial charge is 0.326 e. The number of aromatic amines is 2. The predicted octanol–water partition coefficient (Wildman–Crippen LogP) is -0.987. The number of aromatic nitrogens is 3. The number of para-hydroxylation sites is 1. The Hall–Kier alpha value is -7.37. The Morgan fingerprint density at radius 2 is 1.32 bits per heavy atom. The fraction of sp³-hybridized carbons (Fsp3) is 0.490. The number of H-pyrrole nitrogens is 2. The summed E-state index contributed by atoms with van der Waals surface area (Å²) < 4.78 is 0. The number of aliphatic hydroxyl groups is 2. The van der Waals surface area contributed by atoms with E-state index in [4.69, 9.17) is 5.73 Å². The van der Waals surface area contributed by atoms with Crippen LogP contribution < -0.4 is 37.6 Å². The predicted molar refractivity (Wildman–Crippen MR) is 261 cm³/mol. The fourth-order valence-corrected chi connectivity index (χ4v) is 8.39. The number of aromatic hydroxyl groups is 1. The molecular formula is C49H67N11O12. The quantitative estimate of drug-likeness (QED) is 0.0360. The third-order valence-corrected chi connectivity index (χ3v) is 13.1. The summed E-state index contributed by atoms with van der Waals surface area (Å²) in [5.74, 6) is -7.95. The first-order valence-corrected chi connectivity index (χ1v) is 24.0. The van der Waals surface area contributed by atoms with Crippen molar-refractivity contribution >= 4 is 58.2 Å². The number of imidazole rings is 1. The number of fused-ring (bicyclic) bond motifs is 1. The van der Waals surface area contributed by atoms with Gasteiger partial charge in [-0.3, -0.25) is 33.6 Å². The average Bonchev–Trinajstić information content (AvgIpc) is 4.17. The maximum Gasteiger partial charge on any atom is 0.326 e. The number of carbonyl (C=O) groups excluding carboxylic acids is 7. The highest BCUT2D eigenvalue weighted by atomic mass is 16.4. The maximum atomic E-state index is 14.3. The summed E-state index contributed by atoms with van der Waals surface area (Å²) in [7, 11) is 0. The number of phenolic OH excluding ortho intramolecular Hbond substituents is 1. The summed E-state index contributed by atoms with van der Waals surface area (Å²) >= 11 is 0. The van der Waals surface area contributed by atoms with E-state index in [1.165, 1.54) is 24.7 Å². The molecule has 14 N–H and O–H groups in total. The van der Waals surface area contributed by atoms with Crippen molar-refractivity contribution in [3.8, 4) is 5.75 Å². The highest BCUT2D eigenvalue weighted by Gasteiger charge is 2.41. The van der Waals surface area contributed by atoms with Crippen LogP contribution in [0.25, 0.3) is 10.9 Å². The second-order valence-electron chi connectivity index (χ2n) is 18.2. The molecule has 2 aromatic heterocycles. The molecule has 23 heteroatoms. The SMILES string of the molecule is CC[C@H](C)[C@H](NC(=O)[C@H](Cc1cnc[nH]1)NC(=O)[C@@H](NC(=O)[C@@H]1CCCN1C(=O)[C@H](CO)NC(=O)[C@H](CO)NC(=O)[C@@H](N)Cc1ccc(O)cc1)[C@@H](C)CC)C(=O)N[C@@H](Cc1c[nH]c2ccccc12)C(=O)O. The molecule has 0 saturated carbocycles. The molecule has 0 radical (unpaired) electrons. The van der Waals surface area contributed by atoms with Crippen molar-refractivity contribution in [1.29, 1.82) is 0 Å². The zero-order valence-corrected chi connectivity index (χ0v) is 40.7. The summed E-state index contributed by atoms with van der Waals surface area (Å²) in [5.41, 5.74) is 8.55. The van der Waals surface area contributed by atoms with Gasteiger partial charge in [-0.1, -0.05) is 70.9 Å². The van der Waals surface area contributed by atoms with Crippen LogP contribution in [0, 0.1) is 11.8 Å². The zero-order valence-electron chi connectivity index (χ0n) is 40.7. The van der Waals surface area contributed by atoms with Crippen molar-refractivity contribution < 1.29 is 58.8 Å². The van der Waals surface area contributed by atoms with Gasteiger partial charge in [0.2, 0.25) is 41.4 Å². The average molecular weight is 1000 g/mol. The maximum absolute atomic E-state index is 14.3. The lowest BCUT2D eigenvalue weighted by Crippen LogP contribution is -2.62. The minimum atomic E-state index is -1.60. The Morgan fingerprint density at radius 3 is 1.93 bits per heavy atom. The van der Waals surface area contributed by atoms with Gasteiger partial charge < -0.3 is 72.9 Å². The van der Waals surface area contributed by atoms with Gasteiger partial charge >= 0.3 is 5.97 Å². The van der Waals surface area contributed by atoms with Crippen molar-refractivity contribution in [1.82, 2.24) is 51.8 Å². The lowest BCUT2D eigenvalue weighted by Gasteiger charge is -2.32. The van der Waals surface area contributed by atoms with E-state index >= 15 is 0 Å². The van der Waals surface area contributed by atoms with E-state index in [2.05, 4.69) is 46.9 Å². The molecule has 1 aliphatic heterocycles. The highest BCUT2D eigenvalue weighted by molar-refractivity contribution is 5.98. The van der Waals surface area contributed by atoms with Gasteiger partial charge in [0.1, 0.15) is 48.0 Å². The van der Waals surface area contributed by atoms with E-state index in [9.17, 15) is 58.8 Å². The van der Waals surface area contributed by atoms with E-state index in [1.54, 1.807) is 46.0 Å². The van der Waals surface area contributed by atoms with Crippen molar-refractivity contribution in [2.24, 2.45) is 17.6 Å². The van der Waals surface area contributed by atoms with Crippen LogP contribution in [-0.4, -0.2) is 156 Å². The van der Waals surface area contributed by atoms with Crippen LogP contribution in [0.2, 0.25) is 0 Å². The van der Waals surface area contributed by atoms with Gasteiger partial charge in [0.05, 0.1) is 25.6 Å². The molecule has 0 unspecified atom stereocenters. The van der Waals surface area contributed by atoms with Crippen LogP contribution in [0.3, 0.4) is 0 Å². The lowest BCUT2D eigenvalue weighted by molar-refractivity contribution is -0.143. The molecule has 0 bridgehead atoms. The molecular weight excluding hydrogens is 935 g/mol. The number of phenols is 1. The Bertz CT molecular complexity index is 2500. The van der Waals surface area contributed by atoms with E-state index in [0.29, 0.717) is 36.1 Å². The molecule has 4 aromatic rings. The van der Waals surface area contributed by atoms with Crippen LogP contribution in [0.5, 0.6) is 5.75 Å². The van der Waals surface area contributed by atoms with Gasteiger partial charge in [-0.25, -0.2) is 9.78 Å². The second kappa shape index (κ2) is 26.2. The van der Waals surface area contributed by atoms with Gasteiger partial charge in [0.15, 0.2) is 0 Å². The van der Waals surface area contributed by atoms with Crippen molar-refractivity contribution in [3.63, 3.8) is 0 Å². The van der Waals surface area contributed by atoms with Gasteiger partial charge in [-0.2, -0.15) is 0 Å². The zero-order chi connectivity index (χ0) is 52.6. The number of hydrogen-bond acceptors (Lipinski definition) is 13. The Kier molecular flexibility index (Phi) is 20.2. The molecule has 0 aliphatic carbocycles. The van der Waals surface area contributed by atoms with Gasteiger partial charge in [0.25, 0.3) is 0 Å². The van der Waals surface area contributed by atoms with E-state index < -0.39 is 121 Å². The standard InChI is InChI=1S/C49H67N11O12/c1-5-26(3)40(47(69)55-36(49(71)72)19-29-21-52-34-11-8-7-10-32(29)34)58-43(65)35(20-30-22-51-25-53-30)54-46(68)41(27(4)6-2)59-45(67)39-12-9-17-60(39)48(70)38(24-62)57-44(66)37(23-61)56-42(64)33(50)18-28-13-15-31(63)16-14-28/h7-8,10-11,13-16,21-22,25-27,33,35-41,52,61-63H,5-6,9,12,17-20,23-24,50H2,1-4H3,(H,51,53)(H,54,68)(H,55,69)(H,56,64)(H,57,66)(H,58,65)(H,59,67)(H,71,72)/t26-,27-,33-,35-,36-,37-,38-,39-,40-,41-/m0/s1. The number of nitrogens with zero attached hydrogens (tertiary/aromatic N) is 2.